The van der Waals surface area contributed by atoms with E-state index in [1.165, 1.54) is 12.5 Å². The Balaban J connectivity index is 1.61. The molecule has 4 aliphatic rings. The van der Waals surface area contributed by atoms with E-state index in [1.807, 2.05) is 0 Å². The molecular weight excluding hydrogens is 324 g/mol. The smallest absolute Gasteiger partial charge is 0.302 e. The van der Waals surface area contributed by atoms with Crippen molar-refractivity contribution in [3.8, 4) is 12.3 Å². The van der Waals surface area contributed by atoms with E-state index in [0.29, 0.717) is 17.8 Å². The Hall–Kier alpha value is -1.27. The lowest BCUT2D eigenvalue weighted by atomic mass is 9.47. The third-order valence-electron chi connectivity index (χ3n) is 8.78. The van der Waals surface area contributed by atoms with Crippen LogP contribution in [0.15, 0.2) is 11.6 Å². The van der Waals surface area contributed by atoms with Gasteiger partial charge in [0.1, 0.15) is 11.7 Å². The molecule has 0 aromatic heterocycles. The zero-order valence-corrected chi connectivity index (χ0v) is 16.4. The molecule has 0 radical (unpaired) electrons. The molecule has 0 unspecified atom stereocenters. The number of rotatable bonds is 1. The van der Waals surface area contributed by atoms with E-state index in [-0.39, 0.29) is 22.9 Å². The van der Waals surface area contributed by atoms with Crippen molar-refractivity contribution in [3.05, 3.63) is 11.6 Å². The molecule has 3 saturated carbocycles. The highest BCUT2D eigenvalue weighted by molar-refractivity contribution is 5.66. The lowest BCUT2D eigenvalue weighted by molar-refractivity contribution is -0.149. The monoisotopic (exact) mass is 356 g/mol. The number of aliphatic hydroxyl groups is 1. The van der Waals surface area contributed by atoms with E-state index in [1.54, 1.807) is 0 Å². The van der Waals surface area contributed by atoms with Gasteiger partial charge in [-0.2, -0.15) is 0 Å². The highest BCUT2D eigenvalue weighted by Gasteiger charge is 2.63. The van der Waals surface area contributed by atoms with Gasteiger partial charge < -0.3 is 9.84 Å². The highest BCUT2D eigenvalue weighted by Crippen LogP contribution is 2.67. The Kier molecular flexibility index (Phi) is 4.08. The number of terminal acetylenes is 1. The van der Waals surface area contributed by atoms with Crippen LogP contribution >= 0.6 is 0 Å². The number of allylic oxidation sites excluding steroid dienone is 1. The van der Waals surface area contributed by atoms with Crippen LogP contribution in [0.3, 0.4) is 0 Å². The lowest BCUT2D eigenvalue weighted by Gasteiger charge is -2.58. The molecule has 4 rings (SSSR count). The first-order valence-corrected chi connectivity index (χ1v) is 10.3. The SMILES string of the molecule is C#C[C@]1(O)CC[C@@H]2[C@H]3CC=C4C[C@H](OC(C)=O)CC[C@]4(C)[C@@H]3CC[C@@]21C. The van der Waals surface area contributed by atoms with Crippen molar-refractivity contribution in [2.45, 2.75) is 83.8 Å². The molecule has 4 aliphatic carbocycles. The third kappa shape index (κ3) is 2.34. The highest BCUT2D eigenvalue weighted by atomic mass is 16.5. The van der Waals surface area contributed by atoms with Gasteiger partial charge in [-0.15, -0.1) is 6.42 Å². The second kappa shape index (κ2) is 5.86. The molecule has 3 fully saturated rings. The van der Waals surface area contributed by atoms with Gasteiger partial charge in [-0.1, -0.05) is 31.4 Å². The fraction of sp³-hybridized carbons (Fsp3) is 0.783. The molecule has 0 amide bonds. The van der Waals surface area contributed by atoms with Crippen LogP contribution in [-0.4, -0.2) is 22.8 Å². The van der Waals surface area contributed by atoms with Crippen molar-refractivity contribution in [3.63, 3.8) is 0 Å². The molecule has 7 atom stereocenters. The van der Waals surface area contributed by atoms with Crippen LogP contribution in [0.4, 0.5) is 0 Å². The van der Waals surface area contributed by atoms with Gasteiger partial charge in [-0.3, -0.25) is 4.79 Å². The Bertz CT molecular complexity index is 688. The van der Waals surface area contributed by atoms with Gasteiger partial charge in [-0.25, -0.2) is 0 Å². The van der Waals surface area contributed by atoms with E-state index in [4.69, 9.17) is 11.2 Å². The lowest BCUT2D eigenvalue weighted by Crippen LogP contribution is -2.54. The first-order valence-electron chi connectivity index (χ1n) is 10.3. The number of carbonyl (C=O) groups is 1. The molecule has 1 N–H and O–H groups in total. The summed E-state index contributed by atoms with van der Waals surface area (Å²) in [4.78, 5) is 11.3. The second-order valence-corrected chi connectivity index (χ2v) is 9.73. The largest absolute Gasteiger partial charge is 0.462 e. The molecular formula is C23H32O3. The van der Waals surface area contributed by atoms with E-state index in [2.05, 4.69) is 25.8 Å². The minimum atomic E-state index is -0.930. The van der Waals surface area contributed by atoms with Gasteiger partial charge in [0.2, 0.25) is 0 Å². The van der Waals surface area contributed by atoms with E-state index in [9.17, 15) is 9.90 Å². The number of hydrogen-bond donors (Lipinski definition) is 1. The minimum absolute atomic E-state index is 0.0512. The summed E-state index contributed by atoms with van der Waals surface area (Å²) in [7, 11) is 0. The summed E-state index contributed by atoms with van der Waals surface area (Å²) in [5.41, 5.74) is 0.655. The number of hydrogen-bond acceptors (Lipinski definition) is 3. The van der Waals surface area contributed by atoms with E-state index in [0.717, 1.165) is 51.4 Å². The molecule has 0 saturated heterocycles. The number of ether oxygens (including phenoxy) is 1. The first-order chi connectivity index (χ1) is 12.2. The Morgan fingerprint density at radius 2 is 1.96 bits per heavy atom. The van der Waals surface area contributed by atoms with Crippen molar-refractivity contribution in [2.75, 3.05) is 0 Å². The van der Waals surface area contributed by atoms with Gasteiger partial charge in [0.25, 0.3) is 0 Å². The minimum Gasteiger partial charge on any atom is -0.462 e. The quantitative estimate of drug-likeness (QED) is 0.434. The average molecular weight is 357 g/mol. The van der Waals surface area contributed by atoms with Crippen LogP contribution in [0, 0.1) is 40.9 Å². The zero-order valence-electron chi connectivity index (χ0n) is 16.4. The van der Waals surface area contributed by atoms with Crippen LogP contribution in [0.25, 0.3) is 0 Å². The maximum atomic E-state index is 11.3. The average Bonchev–Trinajstić information content (AvgIpc) is 2.87. The van der Waals surface area contributed by atoms with Gasteiger partial charge in [-0.05, 0) is 68.1 Å². The summed E-state index contributed by atoms with van der Waals surface area (Å²) in [6.07, 6.45) is 16.3. The summed E-state index contributed by atoms with van der Waals surface area (Å²) in [6, 6.07) is 0. The van der Waals surface area contributed by atoms with Crippen molar-refractivity contribution in [1.29, 1.82) is 0 Å². The molecule has 0 aliphatic heterocycles. The van der Waals surface area contributed by atoms with Crippen LogP contribution in [0.5, 0.6) is 0 Å². The predicted molar refractivity (Wildman–Crippen MR) is 101 cm³/mol. The van der Waals surface area contributed by atoms with Crippen molar-refractivity contribution in [1.82, 2.24) is 0 Å². The summed E-state index contributed by atoms with van der Waals surface area (Å²) in [6.45, 7) is 6.18. The molecule has 0 aromatic rings. The maximum Gasteiger partial charge on any atom is 0.302 e. The molecule has 0 aromatic carbocycles. The van der Waals surface area contributed by atoms with Crippen LogP contribution in [0.2, 0.25) is 0 Å². The third-order valence-corrected chi connectivity index (χ3v) is 8.78. The normalized spacial score (nSPS) is 49.9. The fourth-order valence-corrected chi connectivity index (χ4v) is 7.22. The number of esters is 1. The molecule has 26 heavy (non-hydrogen) atoms. The summed E-state index contributed by atoms with van der Waals surface area (Å²) in [5.74, 6) is 4.39. The molecule has 0 bridgehead atoms. The molecule has 3 nitrogen and oxygen atoms in total. The number of carbonyl (C=O) groups excluding carboxylic acids is 1. The maximum absolute atomic E-state index is 11.3. The topological polar surface area (TPSA) is 46.5 Å². The van der Waals surface area contributed by atoms with Crippen LogP contribution in [-0.2, 0) is 9.53 Å². The molecule has 142 valence electrons. The molecule has 3 heteroatoms. The zero-order chi connectivity index (χ0) is 18.7. The van der Waals surface area contributed by atoms with Crippen LogP contribution in [0.1, 0.15) is 72.1 Å². The van der Waals surface area contributed by atoms with Crippen molar-refractivity contribution in [2.24, 2.45) is 28.6 Å². The first kappa shape index (κ1) is 18.1. The fourth-order valence-electron chi connectivity index (χ4n) is 7.22. The van der Waals surface area contributed by atoms with Gasteiger partial charge >= 0.3 is 5.97 Å². The summed E-state index contributed by atoms with van der Waals surface area (Å²) >= 11 is 0. The van der Waals surface area contributed by atoms with E-state index >= 15 is 0 Å². The van der Waals surface area contributed by atoms with Gasteiger partial charge in [0.15, 0.2) is 0 Å². The summed E-state index contributed by atoms with van der Waals surface area (Å²) in [5, 5.41) is 11.1. The van der Waals surface area contributed by atoms with Gasteiger partial charge in [0.05, 0.1) is 0 Å². The Morgan fingerprint density at radius 1 is 1.23 bits per heavy atom. The second-order valence-electron chi connectivity index (χ2n) is 9.73. The van der Waals surface area contributed by atoms with E-state index < -0.39 is 5.60 Å². The Morgan fingerprint density at radius 3 is 2.65 bits per heavy atom. The molecule has 0 spiro atoms. The number of fused-ring (bicyclic) bond motifs is 5. The van der Waals surface area contributed by atoms with Crippen molar-refractivity contribution >= 4 is 5.97 Å². The standard InChI is InChI=1S/C23H32O3/c1-5-23(25)13-10-20-18-7-6-16-14-17(26-15(2)24)8-11-21(16,3)19(18)9-12-22(20,23)4/h1,6,17-20,25H,7-14H2,2-4H3/t17-,18+,19-,20-,21+,22+,23+/m1/s1. The van der Waals surface area contributed by atoms with Gasteiger partial charge in [0, 0.05) is 18.8 Å². The predicted octanol–water partition coefficient (Wildman–Crippen LogP) is 4.25. The Labute approximate surface area is 157 Å². The van der Waals surface area contributed by atoms with Crippen LogP contribution < -0.4 is 0 Å². The van der Waals surface area contributed by atoms with Crippen molar-refractivity contribution < 1.29 is 14.6 Å². The summed E-state index contributed by atoms with van der Waals surface area (Å²) < 4.78 is 5.51. The molecule has 0 heterocycles.